The first-order chi connectivity index (χ1) is 6.22. The number of nitrogens with one attached hydrogen (secondary N) is 1. The van der Waals surface area contributed by atoms with Gasteiger partial charge in [0.1, 0.15) is 12.4 Å². The first-order valence-corrected chi connectivity index (χ1v) is 3.78. The Labute approximate surface area is 87.7 Å². The van der Waals surface area contributed by atoms with E-state index in [2.05, 4.69) is 10.1 Å². The van der Waals surface area contributed by atoms with Gasteiger partial charge in [0.2, 0.25) is 0 Å². The molecule has 0 unspecified atom stereocenters. The molecule has 0 bridgehead atoms. The van der Waals surface area contributed by atoms with Crippen molar-refractivity contribution in [2.24, 2.45) is 0 Å². The maximum Gasteiger partial charge on any atom is 0.325 e. The van der Waals surface area contributed by atoms with Crippen molar-refractivity contribution in [3.8, 4) is 0 Å². The van der Waals surface area contributed by atoms with Crippen LogP contribution in [-0.4, -0.2) is 19.6 Å². The quantitative estimate of drug-likeness (QED) is 0.789. The summed E-state index contributed by atoms with van der Waals surface area (Å²) in [5, 5.41) is 2.72. The highest BCUT2D eigenvalue weighted by Crippen LogP contribution is 2.08. The topological polar surface area (TPSA) is 38.3 Å². The van der Waals surface area contributed by atoms with Crippen molar-refractivity contribution in [3.63, 3.8) is 0 Å². The standard InChI is InChI=1S/C9H10FNO2.ClH/c1-13-9(12)6-11-8-4-2-3-7(10)5-8;/h2-5,11H,6H2,1H3;1H. The van der Waals surface area contributed by atoms with E-state index < -0.39 is 0 Å². The number of halogens is 2. The highest BCUT2D eigenvalue weighted by Gasteiger charge is 1.99. The molecule has 0 atom stereocenters. The largest absolute Gasteiger partial charge is 0.468 e. The summed E-state index contributed by atoms with van der Waals surface area (Å²) in [6.45, 7) is 0.0416. The average molecular weight is 220 g/mol. The molecule has 5 heteroatoms. The highest BCUT2D eigenvalue weighted by molar-refractivity contribution is 5.85. The van der Waals surface area contributed by atoms with Gasteiger partial charge in [0.25, 0.3) is 0 Å². The van der Waals surface area contributed by atoms with Crippen molar-refractivity contribution < 1.29 is 13.9 Å². The third-order valence-electron chi connectivity index (χ3n) is 1.49. The van der Waals surface area contributed by atoms with Crippen LogP contribution in [0.3, 0.4) is 0 Å². The van der Waals surface area contributed by atoms with E-state index in [-0.39, 0.29) is 30.7 Å². The van der Waals surface area contributed by atoms with Crippen LogP contribution in [-0.2, 0) is 9.53 Å². The lowest BCUT2D eigenvalue weighted by molar-refractivity contribution is -0.138. The highest BCUT2D eigenvalue weighted by atomic mass is 35.5. The molecular weight excluding hydrogens is 209 g/mol. The van der Waals surface area contributed by atoms with E-state index in [1.54, 1.807) is 12.1 Å². The monoisotopic (exact) mass is 219 g/mol. The second-order valence-corrected chi connectivity index (χ2v) is 2.44. The zero-order chi connectivity index (χ0) is 9.68. The second kappa shape index (κ2) is 6.21. The second-order valence-electron chi connectivity index (χ2n) is 2.44. The molecule has 0 fully saturated rings. The minimum atomic E-state index is -0.385. The summed E-state index contributed by atoms with van der Waals surface area (Å²) in [7, 11) is 1.30. The van der Waals surface area contributed by atoms with Gasteiger partial charge in [0.15, 0.2) is 0 Å². The minimum absolute atomic E-state index is 0. The van der Waals surface area contributed by atoms with Crippen LogP contribution in [0.15, 0.2) is 24.3 Å². The van der Waals surface area contributed by atoms with Crippen molar-refractivity contribution in [1.82, 2.24) is 0 Å². The van der Waals surface area contributed by atoms with Crippen LogP contribution in [0.5, 0.6) is 0 Å². The Morgan fingerprint density at radius 1 is 1.57 bits per heavy atom. The van der Waals surface area contributed by atoms with Crippen LogP contribution in [0.4, 0.5) is 10.1 Å². The molecule has 1 rings (SSSR count). The Bertz CT molecular complexity index is 307. The zero-order valence-corrected chi connectivity index (χ0v) is 8.44. The van der Waals surface area contributed by atoms with Crippen LogP contribution >= 0.6 is 12.4 Å². The third kappa shape index (κ3) is 4.09. The fraction of sp³-hybridized carbons (Fsp3) is 0.222. The molecule has 0 saturated carbocycles. The van der Waals surface area contributed by atoms with Crippen molar-refractivity contribution in [1.29, 1.82) is 0 Å². The van der Waals surface area contributed by atoms with Gasteiger partial charge in [0, 0.05) is 5.69 Å². The molecule has 0 radical (unpaired) electrons. The minimum Gasteiger partial charge on any atom is -0.468 e. The number of methoxy groups -OCH3 is 1. The number of carbonyl (C=O) groups is 1. The van der Waals surface area contributed by atoms with E-state index in [0.29, 0.717) is 5.69 Å². The maximum absolute atomic E-state index is 12.6. The Morgan fingerprint density at radius 2 is 2.29 bits per heavy atom. The SMILES string of the molecule is COC(=O)CNc1cccc(F)c1.Cl. The fourth-order valence-corrected chi connectivity index (χ4v) is 0.845. The third-order valence-corrected chi connectivity index (χ3v) is 1.49. The number of esters is 1. The van der Waals surface area contributed by atoms with E-state index in [1.807, 2.05) is 0 Å². The average Bonchev–Trinajstić information content (AvgIpc) is 2.14. The molecule has 0 amide bonds. The number of carbonyl (C=O) groups excluding carboxylic acids is 1. The number of anilines is 1. The molecule has 0 saturated heterocycles. The van der Waals surface area contributed by atoms with E-state index in [4.69, 9.17) is 0 Å². The molecule has 0 aliphatic carbocycles. The van der Waals surface area contributed by atoms with Gasteiger partial charge in [-0.1, -0.05) is 6.07 Å². The number of benzene rings is 1. The summed E-state index contributed by atoms with van der Waals surface area (Å²) in [5.41, 5.74) is 0.561. The van der Waals surface area contributed by atoms with Crippen molar-refractivity contribution in [3.05, 3.63) is 30.1 Å². The van der Waals surface area contributed by atoms with Crippen molar-refractivity contribution in [2.75, 3.05) is 19.0 Å². The summed E-state index contributed by atoms with van der Waals surface area (Å²) in [6, 6.07) is 5.88. The van der Waals surface area contributed by atoms with Crippen molar-refractivity contribution >= 4 is 24.1 Å². The molecule has 0 aliphatic rings. The molecule has 0 heterocycles. The molecular formula is C9H11ClFNO2. The zero-order valence-electron chi connectivity index (χ0n) is 7.62. The molecule has 78 valence electrons. The summed E-state index contributed by atoms with van der Waals surface area (Å²) in [4.78, 5) is 10.7. The van der Waals surface area contributed by atoms with Gasteiger partial charge in [-0.15, -0.1) is 12.4 Å². The van der Waals surface area contributed by atoms with E-state index in [9.17, 15) is 9.18 Å². The lowest BCUT2D eigenvalue weighted by Gasteiger charge is -2.03. The number of ether oxygens (including phenoxy) is 1. The van der Waals surface area contributed by atoms with Crippen LogP contribution in [0.1, 0.15) is 0 Å². The fourth-order valence-electron chi connectivity index (χ4n) is 0.845. The predicted molar refractivity (Wildman–Crippen MR) is 54.2 cm³/mol. The van der Waals surface area contributed by atoms with E-state index in [0.717, 1.165) is 0 Å². The molecule has 14 heavy (non-hydrogen) atoms. The Hall–Kier alpha value is -1.29. The lowest BCUT2D eigenvalue weighted by atomic mass is 10.3. The Morgan fingerprint density at radius 3 is 2.86 bits per heavy atom. The van der Waals surface area contributed by atoms with Crippen LogP contribution in [0.2, 0.25) is 0 Å². The van der Waals surface area contributed by atoms with Gasteiger partial charge in [-0.3, -0.25) is 4.79 Å². The number of hydrogen-bond donors (Lipinski definition) is 1. The molecule has 1 N–H and O–H groups in total. The van der Waals surface area contributed by atoms with Gasteiger partial charge in [-0.05, 0) is 18.2 Å². The molecule has 0 spiro atoms. The number of hydrogen-bond acceptors (Lipinski definition) is 3. The smallest absolute Gasteiger partial charge is 0.325 e. The van der Waals surface area contributed by atoms with Crippen LogP contribution in [0, 0.1) is 5.82 Å². The predicted octanol–water partition coefficient (Wildman–Crippen LogP) is 1.83. The first-order valence-electron chi connectivity index (χ1n) is 3.78. The normalized spacial score (nSPS) is 8.71. The van der Waals surface area contributed by atoms with Gasteiger partial charge in [-0.25, -0.2) is 4.39 Å². The Kier molecular flexibility index (Phi) is 5.64. The molecule has 0 aromatic heterocycles. The number of rotatable bonds is 3. The lowest BCUT2D eigenvalue weighted by Crippen LogP contribution is -2.14. The molecule has 1 aromatic carbocycles. The maximum atomic E-state index is 12.6. The van der Waals surface area contributed by atoms with Gasteiger partial charge < -0.3 is 10.1 Å². The van der Waals surface area contributed by atoms with Crippen LogP contribution in [0.25, 0.3) is 0 Å². The van der Waals surface area contributed by atoms with Gasteiger partial charge >= 0.3 is 5.97 Å². The summed E-state index contributed by atoms with van der Waals surface area (Å²) in [5.74, 6) is -0.723. The van der Waals surface area contributed by atoms with Gasteiger partial charge in [0.05, 0.1) is 7.11 Å². The Balaban J connectivity index is 0.00000169. The summed E-state index contributed by atoms with van der Waals surface area (Å²) in [6.07, 6.45) is 0. The first kappa shape index (κ1) is 12.7. The molecule has 0 aliphatic heterocycles. The van der Waals surface area contributed by atoms with E-state index >= 15 is 0 Å². The van der Waals surface area contributed by atoms with Crippen LogP contribution < -0.4 is 5.32 Å². The summed E-state index contributed by atoms with van der Waals surface area (Å²) >= 11 is 0. The summed E-state index contributed by atoms with van der Waals surface area (Å²) < 4.78 is 17.0. The molecule has 3 nitrogen and oxygen atoms in total. The van der Waals surface area contributed by atoms with E-state index in [1.165, 1.54) is 19.2 Å². The van der Waals surface area contributed by atoms with Gasteiger partial charge in [-0.2, -0.15) is 0 Å². The molecule has 1 aromatic rings. The van der Waals surface area contributed by atoms with Crippen molar-refractivity contribution in [2.45, 2.75) is 0 Å².